The van der Waals surface area contributed by atoms with Gasteiger partial charge < -0.3 is 9.63 Å². The van der Waals surface area contributed by atoms with Crippen LogP contribution in [0.3, 0.4) is 0 Å². The van der Waals surface area contributed by atoms with Crippen LogP contribution in [-0.4, -0.2) is 24.0 Å². The van der Waals surface area contributed by atoms with E-state index in [1.807, 2.05) is 30.3 Å². The molecule has 100 valence electrons. The standard InChI is InChI=1S/C14H21O3P/c1-11-9-18(16,10-12(11)2)17-8-14(15)13-6-4-3-5-7-13/h3-7,11-12,14-15H,8-10H2,1-2H3. The van der Waals surface area contributed by atoms with E-state index in [0.29, 0.717) is 24.2 Å². The van der Waals surface area contributed by atoms with Gasteiger partial charge in [-0.05, 0) is 17.4 Å². The lowest BCUT2D eigenvalue weighted by molar-refractivity contribution is 0.110. The SMILES string of the molecule is CC1CP(=O)(OCC(O)c2ccccc2)CC1C. The smallest absolute Gasteiger partial charge is 0.203 e. The van der Waals surface area contributed by atoms with E-state index in [0.717, 1.165) is 5.56 Å². The third-order valence-electron chi connectivity index (χ3n) is 3.76. The average molecular weight is 268 g/mol. The molecule has 0 aliphatic carbocycles. The van der Waals surface area contributed by atoms with Crippen molar-refractivity contribution in [3.63, 3.8) is 0 Å². The van der Waals surface area contributed by atoms with Gasteiger partial charge in [-0.3, -0.25) is 4.57 Å². The number of hydrogen-bond donors (Lipinski definition) is 1. The van der Waals surface area contributed by atoms with Crippen molar-refractivity contribution in [3.8, 4) is 0 Å². The Balaban J connectivity index is 1.91. The van der Waals surface area contributed by atoms with Crippen molar-refractivity contribution < 1.29 is 14.2 Å². The minimum atomic E-state index is -2.52. The normalized spacial score (nSPS) is 33.5. The molecule has 0 spiro atoms. The van der Waals surface area contributed by atoms with Gasteiger partial charge in [-0.15, -0.1) is 0 Å². The van der Waals surface area contributed by atoms with Crippen LogP contribution in [-0.2, 0) is 9.09 Å². The van der Waals surface area contributed by atoms with E-state index in [-0.39, 0.29) is 6.61 Å². The van der Waals surface area contributed by atoms with Crippen LogP contribution in [0.1, 0.15) is 25.5 Å². The zero-order valence-electron chi connectivity index (χ0n) is 11.0. The first-order valence-electron chi connectivity index (χ1n) is 6.46. The van der Waals surface area contributed by atoms with Crippen LogP contribution >= 0.6 is 7.37 Å². The fourth-order valence-electron chi connectivity index (χ4n) is 2.40. The summed E-state index contributed by atoms with van der Waals surface area (Å²) in [6, 6.07) is 9.36. The zero-order chi connectivity index (χ0) is 13.2. The predicted molar refractivity (Wildman–Crippen MR) is 73.0 cm³/mol. The molecule has 0 aromatic heterocycles. The molecular weight excluding hydrogens is 247 g/mol. The highest BCUT2D eigenvalue weighted by Crippen LogP contribution is 2.57. The highest BCUT2D eigenvalue weighted by molar-refractivity contribution is 7.59. The second kappa shape index (κ2) is 5.56. The minimum Gasteiger partial charge on any atom is -0.386 e. The molecule has 1 aliphatic heterocycles. The quantitative estimate of drug-likeness (QED) is 0.852. The molecular formula is C14H21O3P. The summed E-state index contributed by atoms with van der Waals surface area (Å²) in [5.74, 6) is 0.898. The topological polar surface area (TPSA) is 46.5 Å². The summed E-state index contributed by atoms with van der Waals surface area (Å²) in [6.07, 6.45) is 0.606. The molecule has 1 N–H and O–H groups in total. The molecule has 4 heteroatoms. The molecule has 1 aromatic carbocycles. The Morgan fingerprint density at radius 3 is 2.39 bits per heavy atom. The molecule has 0 saturated carbocycles. The van der Waals surface area contributed by atoms with E-state index in [9.17, 15) is 9.67 Å². The summed E-state index contributed by atoms with van der Waals surface area (Å²) in [5.41, 5.74) is 0.810. The number of rotatable bonds is 4. The van der Waals surface area contributed by atoms with Gasteiger partial charge in [0, 0.05) is 12.3 Å². The summed E-state index contributed by atoms with van der Waals surface area (Å²) in [6.45, 7) is 4.35. The van der Waals surface area contributed by atoms with Crippen LogP contribution < -0.4 is 0 Å². The van der Waals surface area contributed by atoms with Crippen molar-refractivity contribution in [1.82, 2.24) is 0 Å². The highest BCUT2D eigenvalue weighted by atomic mass is 31.2. The van der Waals surface area contributed by atoms with E-state index in [4.69, 9.17) is 4.52 Å². The largest absolute Gasteiger partial charge is 0.386 e. The first kappa shape index (κ1) is 13.8. The van der Waals surface area contributed by atoms with E-state index >= 15 is 0 Å². The van der Waals surface area contributed by atoms with Crippen molar-refractivity contribution in [3.05, 3.63) is 35.9 Å². The van der Waals surface area contributed by atoms with Crippen LogP contribution in [0, 0.1) is 11.8 Å². The molecule has 3 atom stereocenters. The monoisotopic (exact) mass is 268 g/mol. The number of hydrogen-bond acceptors (Lipinski definition) is 3. The van der Waals surface area contributed by atoms with Crippen molar-refractivity contribution in [2.75, 3.05) is 18.9 Å². The third kappa shape index (κ3) is 3.23. The molecule has 0 radical (unpaired) electrons. The van der Waals surface area contributed by atoms with Crippen LogP contribution in [0.25, 0.3) is 0 Å². The Bertz CT molecular complexity index is 418. The zero-order valence-corrected chi connectivity index (χ0v) is 11.8. The van der Waals surface area contributed by atoms with Crippen molar-refractivity contribution >= 4 is 7.37 Å². The molecule has 0 amide bonds. The van der Waals surface area contributed by atoms with Crippen molar-refractivity contribution in [1.29, 1.82) is 0 Å². The average Bonchev–Trinajstić information content (AvgIpc) is 2.62. The summed E-state index contributed by atoms with van der Waals surface area (Å²) in [4.78, 5) is 0. The second-order valence-electron chi connectivity index (χ2n) is 5.36. The molecule has 3 nitrogen and oxygen atoms in total. The lowest BCUT2D eigenvalue weighted by Gasteiger charge is -2.16. The summed E-state index contributed by atoms with van der Waals surface area (Å²) in [7, 11) is -2.52. The predicted octanol–water partition coefficient (Wildman–Crippen LogP) is 3.30. The van der Waals surface area contributed by atoms with Gasteiger partial charge in [0.05, 0.1) is 6.61 Å². The van der Waals surface area contributed by atoms with Gasteiger partial charge in [0.25, 0.3) is 0 Å². The fourth-order valence-corrected chi connectivity index (χ4v) is 5.64. The fraction of sp³-hybridized carbons (Fsp3) is 0.571. The van der Waals surface area contributed by atoms with Crippen molar-refractivity contribution in [2.24, 2.45) is 11.8 Å². The van der Waals surface area contributed by atoms with Crippen LogP contribution in [0.2, 0.25) is 0 Å². The third-order valence-corrected chi connectivity index (χ3v) is 6.64. The van der Waals surface area contributed by atoms with Gasteiger partial charge in [0.15, 0.2) is 0 Å². The molecule has 1 saturated heterocycles. The van der Waals surface area contributed by atoms with Gasteiger partial charge in [-0.2, -0.15) is 0 Å². The summed E-state index contributed by atoms with van der Waals surface area (Å²) in [5, 5.41) is 9.98. The first-order valence-corrected chi connectivity index (χ1v) is 8.45. The molecule has 1 aromatic rings. The van der Waals surface area contributed by atoms with Crippen LogP contribution in [0.4, 0.5) is 0 Å². The Morgan fingerprint density at radius 2 is 1.83 bits per heavy atom. The minimum absolute atomic E-state index is 0.126. The number of aliphatic hydroxyl groups is 1. The van der Waals surface area contributed by atoms with Gasteiger partial charge in [-0.1, -0.05) is 44.2 Å². The number of aliphatic hydroxyl groups excluding tert-OH is 1. The Labute approximate surface area is 109 Å². The molecule has 1 fully saturated rings. The summed E-state index contributed by atoms with van der Waals surface area (Å²) >= 11 is 0. The van der Waals surface area contributed by atoms with E-state index in [2.05, 4.69) is 13.8 Å². The van der Waals surface area contributed by atoms with Crippen LogP contribution in [0.5, 0.6) is 0 Å². The maximum absolute atomic E-state index is 12.4. The van der Waals surface area contributed by atoms with E-state index in [1.54, 1.807) is 0 Å². The second-order valence-corrected chi connectivity index (χ2v) is 7.97. The van der Waals surface area contributed by atoms with Gasteiger partial charge >= 0.3 is 0 Å². The van der Waals surface area contributed by atoms with Crippen molar-refractivity contribution in [2.45, 2.75) is 20.0 Å². The van der Waals surface area contributed by atoms with Gasteiger partial charge in [-0.25, -0.2) is 0 Å². The van der Waals surface area contributed by atoms with Gasteiger partial charge in [0.1, 0.15) is 6.10 Å². The molecule has 1 heterocycles. The highest BCUT2D eigenvalue weighted by Gasteiger charge is 2.38. The lowest BCUT2D eigenvalue weighted by Crippen LogP contribution is -2.07. The van der Waals surface area contributed by atoms with E-state index < -0.39 is 13.5 Å². The molecule has 0 bridgehead atoms. The lowest BCUT2D eigenvalue weighted by atomic mass is 10.0. The molecule has 2 rings (SSSR count). The Kier molecular flexibility index (Phi) is 4.26. The maximum atomic E-state index is 12.4. The molecule has 3 unspecified atom stereocenters. The first-order chi connectivity index (χ1) is 8.50. The molecule has 18 heavy (non-hydrogen) atoms. The van der Waals surface area contributed by atoms with Gasteiger partial charge in [0.2, 0.25) is 7.37 Å². The van der Waals surface area contributed by atoms with Crippen LogP contribution in [0.15, 0.2) is 30.3 Å². The summed E-state index contributed by atoms with van der Waals surface area (Å²) < 4.78 is 18.0. The number of benzene rings is 1. The maximum Gasteiger partial charge on any atom is 0.203 e. The van der Waals surface area contributed by atoms with E-state index in [1.165, 1.54) is 0 Å². The Morgan fingerprint density at radius 1 is 1.28 bits per heavy atom. The Hall–Kier alpha value is -0.630. The molecule has 1 aliphatic rings.